The van der Waals surface area contributed by atoms with Crippen LogP contribution >= 0.6 is 0 Å². The highest BCUT2D eigenvalue weighted by atomic mass is 16.3. The second kappa shape index (κ2) is 8.19. The fraction of sp³-hybridized carbons (Fsp3) is 0.235. The first kappa shape index (κ1) is 17.6. The summed E-state index contributed by atoms with van der Waals surface area (Å²) in [6.07, 6.45) is 2.78. The van der Waals surface area contributed by atoms with Gasteiger partial charge in [-0.1, -0.05) is 12.1 Å². The third-order valence-corrected chi connectivity index (χ3v) is 3.32. The molecule has 0 fully saturated rings. The highest BCUT2D eigenvalue weighted by molar-refractivity contribution is 6.56. The first-order valence-electron chi connectivity index (χ1n) is 7.40. The average Bonchev–Trinajstić information content (AvgIpc) is 2.58. The number of aliphatic imine (C=N–C) groups is 1. The van der Waals surface area contributed by atoms with Crippen LogP contribution in [0, 0.1) is 0 Å². The van der Waals surface area contributed by atoms with Crippen LogP contribution in [0.4, 0.5) is 5.69 Å². The number of hydrogen-bond acceptors (Lipinski definition) is 6. The predicted octanol–water partition coefficient (Wildman–Crippen LogP) is 0.353. The van der Waals surface area contributed by atoms with Gasteiger partial charge in [0.15, 0.2) is 0 Å². The van der Waals surface area contributed by atoms with Gasteiger partial charge in [-0.15, -0.1) is 0 Å². The summed E-state index contributed by atoms with van der Waals surface area (Å²) in [4.78, 5) is 28.4. The van der Waals surface area contributed by atoms with E-state index in [1.165, 1.54) is 0 Å². The lowest BCUT2D eigenvalue weighted by Gasteiger charge is -2.13. The zero-order valence-corrected chi connectivity index (χ0v) is 12.9. The van der Waals surface area contributed by atoms with E-state index in [9.17, 15) is 14.7 Å². The second-order valence-electron chi connectivity index (χ2n) is 5.04. The minimum absolute atomic E-state index is 0.00332. The Hall–Kier alpha value is -2.77. The number of rotatable bonds is 6. The Morgan fingerprint density at radius 2 is 1.79 bits per heavy atom. The number of carbonyl (C=O) groups excluding carboxylic acids is 2. The molecule has 0 radical (unpaired) electrons. The zero-order valence-electron chi connectivity index (χ0n) is 12.9. The van der Waals surface area contributed by atoms with Gasteiger partial charge in [0.05, 0.1) is 12.3 Å². The number of hydrogen-bond donors (Lipinski definition) is 4. The van der Waals surface area contributed by atoms with E-state index in [1.54, 1.807) is 24.3 Å². The summed E-state index contributed by atoms with van der Waals surface area (Å²) < 4.78 is 0. The molecule has 0 saturated heterocycles. The van der Waals surface area contributed by atoms with E-state index < -0.39 is 11.7 Å². The van der Waals surface area contributed by atoms with Crippen molar-refractivity contribution in [1.29, 1.82) is 0 Å². The average molecular weight is 330 g/mol. The summed E-state index contributed by atoms with van der Waals surface area (Å²) in [6.45, 7) is -0.234. The number of ketones is 1. The summed E-state index contributed by atoms with van der Waals surface area (Å²) in [5.74, 6) is -1.54. The molecule has 0 heterocycles. The van der Waals surface area contributed by atoms with Crippen LogP contribution in [-0.2, 0) is 16.0 Å². The van der Waals surface area contributed by atoms with Gasteiger partial charge in [0.1, 0.15) is 17.0 Å². The fourth-order valence-electron chi connectivity index (χ4n) is 2.15. The standard InChI is InChI=1S/C17H18N2O5/c20-9-7-11-1-3-12(4-2-11)19-16-14(23)6-5-13(22)15(16)17(24)18-8-10-21/h1-6,20-22H,7-10H2,(H,18,24). The number of nitrogens with one attached hydrogen (secondary N) is 1. The minimum atomic E-state index is -0.685. The highest BCUT2D eigenvalue weighted by Gasteiger charge is 2.27. The fourth-order valence-corrected chi connectivity index (χ4v) is 2.15. The SMILES string of the molecule is O=C1C=CC(O)=C(C(=O)NCCO)C1=Nc1ccc(CCO)cc1. The van der Waals surface area contributed by atoms with E-state index in [0.29, 0.717) is 12.1 Å². The first-order valence-corrected chi connectivity index (χ1v) is 7.40. The number of aliphatic hydroxyl groups excluding tert-OH is 3. The number of allylic oxidation sites excluding steroid dienone is 2. The summed E-state index contributed by atoms with van der Waals surface area (Å²) in [5, 5.41) is 30.0. The van der Waals surface area contributed by atoms with Crippen LogP contribution in [-0.4, -0.2) is 52.5 Å². The van der Waals surface area contributed by atoms with Crippen molar-refractivity contribution in [2.75, 3.05) is 19.8 Å². The van der Waals surface area contributed by atoms with E-state index in [0.717, 1.165) is 17.7 Å². The highest BCUT2D eigenvalue weighted by Crippen LogP contribution is 2.20. The Bertz CT molecular complexity index is 717. The molecule has 4 N–H and O–H groups in total. The van der Waals surface area contributed by atoms with Crippen LogP contribution in [0.5, 0.6) is 0 Å². The van der Waals surface area contributed by atoms with Crippen molar-refractivity contribution in [3.05, 3.63) is 53.3 Å². The lowest BCUT2D eigenvalue weighted by molar-refractivity contribution is -0.117. The largest absolute Gasteiger partial charge is 0.507 e. The molecule has 126 valence electrons. The topological polar surface area (TPSA) is 119 Å². The van der Waals surface area contributed by atoms with Gasteiger partial charge in [-0.3, -0.25) is 9.59 Å². The molecule has 24 heavy (non-hydrogen) atoms. The molecule has 0 spiro atoms. The van der Waals surface area contributed by atoms with E-state index >= 15 is 0 Å². The Morgan fingerprint density at radius 1 is 1.08 bits per heavy atom. The van der Waals surface area contributed by atoms with E-state index in [2.05, 4.69) is 10.3 Å². The van der Waals surface area contributed by atoms with Gasteiger partial charge in [-0.05, 0) is 36.3 Å². The number of carbonyl (C=O) groups is 2. The first-order chi connectivity index (χ1) is 11.6. The quantitative estimate of drug-likeness (QED) is 0.561. The van der Waals surface area contributed by atoms with E-state index in [-0.39, 0.29) is 36.8 Å². The van der Waals surface area contributed by atoms with Crippen LogP contribution in [0.3, 0.4) is 0 Å². The Kier molecular flexibility index (Phi) is 6.00. The molecule has 1 aliphatic rings. The van der Waals surface area contributed by atoms with Crippen LogP contribution < -0.4 is 5.32 Å². The lowest BCUT2D eigenvalue weighted by Crippen LogP contribution is -2.34. The van der Waals surface area contributed by atoms with Gasteiger partial charge in [0.25, 0.3) is 5.91 Å². The van der Waals surface area contributed by atoms with Gasteiger partial charge >= 0.3 is 0 Å². The summed E-state index contributed by atoms with van der Waals surface area (Å²) >= 11 is 0. The van der Waals surface area contributed by atoms with Gasteiger partial charge in [-0.2, -0.15) is 0 Å². The van der Waals surface area contributed by atoms with Crippen molar-refractivity contribution >= 4 is 23.1 Å². The van der Waals surface area contributed by atoms with Gasteiger partial charge in [0, 0.05) is 13.2 Å². The number of aliphatic hydroxyl groups is 3. The smallest absolute Gasteiger partial charge is 0.257 e. The number of amides is 1. The van der Waals surface area contributed by atoms with Gasteiger partial charge in [0.2, 0.25) is 5.78 Å². The molecular formula is C17H18N2O5. The Balaban J connectivity index is 2.35. The Morgan fingerprint density at radius 3 is 2.42 bits per heavy atom. The maximum Gasteiger partial charge on any atom is 0.257 e. The summed E-state index contributed by atoms with van der Waals surface area (Å²) in [5.41, 5.74) is 0.960. The summed E-state index contributed by atoms with van der Waals surface area (Å²) in [7, 11) is 0. The van der Waals surface area contributed by atoms with Crippen molar-refractivity contribution in [3.8, 4) is 0 Å². The van der Waals surface area contributed by atoms with Gasteiger partial charge in [-0.25, -0.2) is 4.99 Å². The molecule has 1 aromatic carbocycles. The van der Waals surface area contributed by atoms with Crippen molar-refractivity contribution in [2.24, 2.45) is 4.99 Å². The molecule has 7 nitrogen and oxygen atoms in total. The van der Waals surface area contributed by atoms with Crippen molar-refractivity contribution in [2.45, 2.75) is 6.42 Å². The molecule has 0 saturated carbocycles. The van der Waals surface area contributed by atoms with Crippen molar-refractivity contribution < 1.29 is 24.9 Å². The second-order valence-corrected chi connectivity index (χ2v) is 5.04. The molecular weight excluding hydrogens is 312 g/mol. The molecule has 0 unspecified atom stereocenters. The van der Waals surface area contributed by atoms with Crippen LogP contribution in [0.15, 0.2) is 52.7 Å². The predicted molar refractivity (Wildman–Crippen MR) is 88.2 cm³/mol. The molecule has 0 aliphatic heterocycles. The lowest BCUT2D eigenvalue weighted by atomic mass is 9.98. The molecule has 1 aliphatic carbocycles. The van der Waals surface area contributed by atoms with E-state index in [1.807, 2.05) is 0 Å². The molecule has 7 heteroatoms. The molecule has 0 bridgehead atoms. The van der Waals surface area contributed by atoms with Crippen LogP contribution in [0.1, 0.15) is 5.56 Å². The minimum Gasteiger partial charge on any atom is -0.507 e. The van der Waals surface area contributed by atoms with Crippen molar-refractivity contribution in [3.63, 3.8) is 0 Å². The van der Waals surface area contributed by atoms with Crippen LogP contribution in [0.2, 0.25) is 0 Å². The third kappa shape index (κ3) is 4.15. The van der Waals surface area contributed by atoms with Crippen LogP contribution in [0.25, 0.3) is 0 Å². The van der Waals surface area contributed by atoms with E-state index in [4.69, 9.17) is 10.2 Å². The maximum atomic E-state index is 12.1. The normalized spacial score (nSPS) is 15.9. The third-order valence-electron chi connectivity index (χ3n) is 3.32. The molecule has 0 aromatic heterocycles. The monoisotopic (exact) mass is 330 g/mol. The maximum absolute atomic E-state index is 12.1. The zero-order chi connectivity index (χ0) is 17.5. The Labute approximate surface area is 138 Å². The number of nitrogens with zero attached hydrogens (tertiary/aromatic N) is 1. The molecule has 1 aromatic rings. The van der Waals surface area contributed by atoms with Crippen molar-refractivity contribution in [1.82, 2.24) is 5.32 Å². The number of benzene rings is 1. The molecule has 0 atom stereocenters. The van der Waals surface area contributed by atoms with Gasteiger partial charge < -0.3 is 20.6 Å². The summed E-state index contributed by atoms with van der Waals surface area (Å²) in [6, 6.07) is 6.83. The molecule has 2 rings (SSSR count). The molecule has 1 amide bonds.